The number of hydrogen-bond acceptors (Lipinski definition) is 5. The van der Waals surface area contributed by atoms with Crippen molar-refractivity contribution < 1.29 is 17.9 Å². The molecule has 2 atom stereocenters. The van der Waals surface area contributed by atoms with Gasteiger partial charge in [-0.05, 0) is 49.9 Å². The Morgan fingerprint density at radius 2 is 2.07 bits per heavy atom. The van der Waals surface area contributed by atoms with Crippen LogP contribution >= 0.6 is 0 Å². The number of rotatable bonds is 6. The molecule has 0 unspecified atom stereocenters. The highest BCUT2D eigenvalue weighted by atomic mass is 32.2. The van der Waals surface area contributed by atoms with Crippen molar-refractivity contribution in [2.24, 2.45) is 0 Å². The fourth-order valence-corrected chi connectivity index (χ4v) is 5.95. The molecule has 1 aromatic carbocycles. The van der Waals surface area contributed by atoms with Crippen LogP contribution in [-0.2, 0) is 14.6 Å². The molecular weight excluding hydrogens is 364 g/mol. The maximum absolute atomic E-state index is 12.6. The van der Waals surface area contributed by atoms with Gasteiger partial charge in [-0.25, -0.2) is 8.42 Å². The highest BCUT2D eigenvalue weighted by Gasteiger charge is 2.46. The number of benzene rings is 1. The zero-order valence-corrected chi connectivity index (χ0v) is 17.1. The molecule has 7 heteroatoms. The van der Waals surface area contributed by atoms with Gasteiger partial charge in [-0.1, -0.05) is 13.3 Å². The molecule has 150 valence electrons. The molecule has 1 amide bonds. The first-order chi connectivity index (χ1) is 12.8. The number of amides is 1. The van der Waals surface area contributed by atoms with Gasteiger partial charge < -0.3 is 15.0 Å². The molecule has 2 aliphatic rings. The van der Waals surface area contributed by atoms with Crippen LogP contribution < -0.4 is 10.2 Å². The predicted octanol–water partition coefficient (Wildman–Crippen LogP) is 2.39. The SMILES string of the molecule is CCCCN(C)c1ccc(C(=O)N[C@H]2CCO[C@]3(CCS(=O)(=O)C3)C2)cc1. The maximum Gasteiger partial charge on any atom is 0.251 e. The van der Waals surface area contributed by atoms with Crippen molar-refractivity contribution in [2.75, 3.05) is 36.6 Å². The van der Waals surface area contributed by atoms with Crippen LogP contribution in [-0.4, -0.2) is 57.7 Å². The normalized spacial score (nSPS) is 26.8. The lowest BCUT2D eigenvalue weighted by Gasteiger charge is -2.37. The third-order valence-electron chi connectivity index (χ3n) is 5.60. The maximum atomic E-state index is 12.6. The van der Waals surface area contributed by atoms with Crippen LogP contribution in [0.4, 0.5) is 5.69 Å². The van der Waals surface area contributed by atoms with Gasteiger partial charge in [0.25, 0.3) is 5.91 Å². The van der Waals surface area contributed by atoms with E-state index in [1.54, 1.807) is 0 Å². The molecular formula is C20H30N2O4S. The van der Waals surface area contributed by atoms with Crippen LogP contribution in [0.5, 0.6) is 0 Å². The van der Waals surface area contributed by atoms with Crippen molar-refractivity contribution >= 4 is 21.4 Å². The highest BCUT2D eigenvalue weighted by Crippen LogP contribution is 2.35. The van der Waals surface area contributed by atoms with E-state index in [0.29, 0.717) is 31.4 Å². The molecule has 1 N–H and O–H groups in total. The van der Waals surface area contributed by atoms with Crippen LogP contribution in [0, 0.1) is 0 Å². The molecule has 2 saturated heterocycles. The van der Waals surface area contributed by atoms with Crippen LogP contribution in [0.15, 0.2) is 24.3 Å². The molecule has 2 fully saturated rings. The lowest BCUT2D eigenvalue weighted by Crippen LogP contribution is -2.49. The number of nitrogens with zero attached hydrogens (tertiary/aromatic N) is 1. The molecule has 1 spiro atoms. The fraction of sp³-hybridized carbons (Fsp3) is 0.650. The van der Waals surface area contributed by atoms with Crippen molar-refractivity contribution in [1.29, 1.82) is 0 Å². The van der Waals surface area contributed by atoms with E-state index in [1.165, 1.54) is 0 Å². The average Bonchev–Trinajstić information content (AvgIpc) is 2.93. The van der Waals surface area contributed by atoms with Gasteiger partial charge in [0.1, 0.15) is 0 Å². The summed E-state index contributed by atoms with van der Waals surface area (Å²) in [5.74, 6) is 0.145. The molecule has 2 aliphatic heterocycles. The van der Waals surface area contributed by atoms with Gasteiger partial charge in [0.15, 0.2) is 9.84 Å². The monoisotopic (exact) mass is 394 g/mol. The fourth-order valence-electron chi connectivity index (χ4n) is 3.97. The Morgan fingerprint density at radius 3 is 2.70 bits per heavy atom. The second-order valence-corrected chi connectivity index (χ2v) is 10.0. The Labute approximate surface area is 162 Å². The Balaban J connectivity index is 1.58. The second kappa shape index (κ2) is 8.19. The zero-order valence-electron chi connectivity index (χ0n) is 16.2. The van der Waals surface area contributed by atoms with Gasteiger partial charge in [-0.2, -0.15) is 0 Å². The summed E-state index contributed by atoms with van der Waals surface area (Å²) in [4.78, 5) is 14.8. The van der Waals surface area contributed by atoms with Crippen LogP contribution in [0.1, 0.15) is 49.4 Å². The number of sulfone groups is 1. The Morgan fingerprint density at radius 1 is 1.33 bits per heavy atom. The molecule has 0 bridgehead atoms. The number of anilines is 1. The van der Waals surface area contributed by atoms with E-state index in [2.05, 4.69) is 24.2 Å². The van der Waals surface area contributed by atoms with Crippen molar-refractivity contribution in [3.05, 3.63) is 29.8 Å². The van der Waals surface area contributed by atoms with Gasteiger partial charge in [0, 0.05) is 37.5 Å². The van der Waals surface area contributed by atoms with Crippen molar-refractivity contribution in [2.45, 2.75) is 50.7 Å². The van der Waals surface area contributed by atoms with E-state index in [-0.39, 0.29) is 23.5 Å². The second-order valence-electron chi connectivity index (χ2n) is 7.86. The molecule has 1 aromatic rings. The molecule has 2 heterocycles. The Bertz CT molecular complexity index is 763. The largest absolute Gasteiger partial charge is 0.375 e. The summed E-state index contributed by atoms with van der Waals surface area (Å²) in [5, 5.41) is 3.07. The van der Waals surface area contributed by atoms with E-state index in [1.807, 2.05) is 24.3 Å². The summed E-state index contributed by atoms with van der Waals surface area (Å²) in [6.07, 6.45) is 4.10. The predicted molar refractivity (Wildman–Crippen MR) is 107 cm³/mol. The third kappa shape index (κ3) is 5.02. The summed E-state index contributed by atoms with van der Waals surface area (Å²) in [6.45, 7) is 3.65. The first-order valence-electron chi connectivity index (χ1n) is 9.79. The molecule has 0 aliphatic carbocycles. The van der Waals surface area contributed by atoms with Crippen molar-refractivity contribution in [1.82, 2.24) is 5.32 Å². The zero-order chi connectivity index (χ0) is 19.5. The molecule has 27 heavy (non-hydrogen) atoms. The minimum atomic E-state index is -3.02. The minimum absolute atomic E-state index is 0.0496. The summed E-state index contributed by atoms with van der Waals surface area (Å²) < 4.78 is 29.5. The van der Waals surface area contributed by atoms with E-state index < -0.39 is 15.4 Å². The van der Waals surface area contributed by atoms with Crippen LogP contribution in [0.3, 0.4) is 0 Å². The summed E-state index contributed by atoms with van der Waals surface area (Å²) >= 11 is 0. The lowest BCUT2D eigenvalue weighted by atomic mass is 9.89. The molecule has 0 aromatic heterocycles. The van der Waals surface area contributed by atoms with Gasteiger partial charge in [0.2, 0.25) is 0 Å². The smallest absolute Gasteiger partial charge is 0.251 e. The number of ether oxygens (including phenoxy) is 1. The third-order valence-corrected chi connectivity index (χ3v) is 7.39. The van der Waals surface area contributed by atoms with E-state index in [9.17, 15) is 13.2 Å². The van der Waals surface area contributed by atoms with E-state index in [0.717, 1.165) is 25.1 Å². The first-order valence-corrected chi connectivity index (χ1v) is 11.6. The summed E-state index contributed by atoms with van der Waals surface area (Å²) in [5.41, 5.74) is 1.12. The van der Waals surface area contributed by atoms with Crippen LogP contribution in [0.25, 0.3) is 0 Å². The lowest BCUT2D eigenvalue weighted by molar-refractivity contribution is -0.0690. The topological polar surface area (TPSA) is 75.7 Å². The number of nitrogens with one attached hydrogen (secondary N) is 1. The number of unbranched alkanes of at least 4 members (excludes halogenated alkanes) is 1. The van der Waals surface area contributed by atoms with E-state index in [4.69, 9.17) is 4.74 Å². The van der Waals surface area contributed by atoms with Gasteiger partial charge in [0.05, 0.1) is 17.1 Å². The van der Waals surface area contributed by atoms with Gasteiger partial charge in [-0.3, -0.25) is 4.79 Å². The van der Waals surface area contributed by atoms with Crippen molar-refractivity contribution in [3.63, 3.8) is 0 Å². The summed E-state index contributed by atoms with van der Waals surface area (Å²) in [6, 6.07) is 7.59. The van der Waals surface area contributed by atoms with E-state index >= 15 is 0 Å². The van der Waals surface area contributed by atoms with Gasteiger partial charge >= 0.3 is 0 Å². The molecule has 6 nitrogen and oxygen atoms in total. The minimum Gasteiger partial charge on any atom is -0.375 e. The number of carbonyl (C=O) groups is 1. The molecule has 0 radical (unpaired) electrons. The Hall–Kier alpha value is -1.60. The van der Waals surface area contributed by atoms with Crippen LogP contribution in [0.2, 0.25) is 0 Å². The standard InChI is InChI=1S/C20H30N2O4S/c1-3-4-11-22(2)18-7-5-16(6-8-18)19(23)21-17-9-12-26-20(14-17)10-13-27(24,25)15-20/h5-8,17H,3-4,9-15H2,1-2H3,(H,21,23)/t17-,20+/m0/s1. The average molecular weight is 395 g/mol. The van der Waals surface area contributed by atoms with Gasteiger partial charge in [-0.15, -0.1) is 0 Å². The Kier molecular flexibility index (Phi) is 6.11. The number of carbonyl (C=O) groups excluding carboxylic acids is 1. The first kappa shape index (κ1) is 20.1. The highest BCUT2D eigenvalue weighted by molar-refractivity contribution is 7.91. The van der Waals surface area contributed by atoms with Crippen molar-refractivity contribution in [3.8, 4) is 0 Å². The summed E-state index contributed by atoms with van der Waals surface area (Å²) in [7, 11) is -0.963. The number of hydrogen-bond donors (Lipinski definition) is 1. The quantitative estimate of drug-likeness (QED) is 0.802. The molecule has 3 rings (SSSR count). The molecule has 0 saturated carbocycles.